The number of nitrogens with zero attached hydrogens (tertiary/aromatic N) is 2. The molecule has 8 N–H and O–H groups in total. The van der Waals surface area contributed by atoms with Gasteiger partial charge >= 0.3 is 18.3 Å². The van der Waals surface area contributed by atoms with Crippen LogP contribution < -0.4 is 27.8 Å². The number of hydrogen-bond acceptors (Lipinski definition) is 13. The van der Waals surface area contributed by atoms with Gasteiger partial charge in [-0.3, -0.25) is 24.1 Å². The van der Waals surface area contributed by atoms with Gasteiger partial charge in [0.25, 0.3) is 0 Å². The molecule has 0 saturated carbocycles. The summed E-state index contributed by atoms with van der Waals surface area (Å²) in [5, 5.41) is 5.11. The topological polar surface area (TPSA) is 265 Å². The van der Waals surface area contributed by atoms with Crippen LogP contribution >= 0.6 is 0 Å². The molecule has 0 spiro atoms. The van der Waals surface area contributed by atoms with Crippen molar-refractivity contribution in [3.05, 3.63) is 112 Å². The number of ketones is 2. The number of methoxy groups -OCH3 is 1. The Balaban J connectivity index is 0.871. The molecule has 0 bridgehead atoms. The molecule has 18 heteroatoms. The molecular weight excluding hydrogens is 778 g/mol. The van der Waals surface area contributed by atoms with E-state index in [2.05, 4.69) is 10.6 Å². The lowest BCUT2D eigenvalue weighted by atomic mass is 9.82. The lowest BCUT2D eigenvalue weighted by molar-refractivity contribution is -0.144. The van der Waals surface area contributed by atoms with Crippen LogP contribution in [0.15, 0.2) is 95.3 Å². The Kier molecular flexibility index (Phi) is 10.0. The lowest BCUT2D eigenvalue weighted by Crippen LogP contribution is -2.56. The maximum Gasteiger partial charge on any atom is 0.410 e. The molecule has 2 aliphatic carbocycles. The molecule has 2 saturated heterocycles. The maximum absolute atomic E-state index is 13.5. The number of fused-ring (bicyclic) bond motifs is 7. The van der Waals surface area contributed by atoms with Gasteiger partial charge in [0.2, 0.25) is 23.4 Å². The fourth-order valence-electron chi connectivity index (χ4n) is 9.05. The lowest BCUT2D eigenvalue weighted by Gasteiger charge is -2.40. The van der Waals surface area contributed by atoms with E-state index < -0.39 is 84.5 Å². The Hall–Kier alpha value is -7.21. The predicted octanol–water partition coefficient (Wildman–Crippen LogP) is 2.12. The van der Waals surface area contributed by atoms with Crippen LogP contribution in [0.5, 0.6) is 0 Å². The highest BCUT2D eigenvalue weighted by atomic mass is 16.6. The number of Topliss-reactive ketones (excluding diaryl/α,β-unsaturated/α-hetero) is 2. The first-order chi connectivity index (χ1) is 28.8. The fourth-order valence-corrected chi connectivity index (χ4v) is 9.05. The first-order valence-electron chi connectivity index (χ1n) is 19.1. The highest BCUT2D eigenvalue weighted by Crippen LogP contribution is 2.60. The molecule has 0 radical (unpaired) electrons. The molecule has 18 nitrogen and oxygen atoms in total. The van der Waals surface area contributed by atoms with E-state index in [0.717, 1.165) is 22.3 Å². The Morgan fingerprint density at radius 2 is 1.52 bits per heavy atom. The standard InChI is InChI=1S/C42H41N7O11/c1-20-33(44)36(52)32-28(19-58-39(45)54)42(57-2)37-30(16-48(42)34(32)35(20)51)49(37)41(56)60-17-21-11-13-22(14-12-21)46-38(53)29(15-31(43)50)47-40(55)59-18-27-25-9-5-3-7-23(25)24-8-4-6-10-26(24)27/h3-14,27-30,37H,15-19,44H2,1-2H3,(H2,43,50)(H2,45,54)(H,46,53)(H,47,55)/t28-,29+,30+,37?,42-,49?/m1/s1. The van der Waals surface area contributed by atoms with Crippen molar-refractivity contribution in [1.82, 2.24) is 15.1 Å². The molecule has 3 aliphatic heterocycles. The number of anilines is 1. The quantitative estimate of drug-likeness (QED) is 0.0998. The average Bonchev–Trinajstić information content (AvgIpc) is 3.57. The molecule has 1 unspecified atom stereocenters. The Morgan fingerprint density at radius 3 is 2.13 bits per heavy atom. The van der Waals surface area contributed by atoms with E-state index >= 15 is 0 Å². The van der Waals surface area contributed by atoms with Crippen molar-refractivity contribution >= 4 is 47.3 Å². The first kappa shape index (κ1) is 39.6. The normalized spacial score (nSPS) is 22.6. The second kappa shape index (κ2) is 15.2. The highest BCUT2D eigenvalue weighted by molar-refractivity contribution is 6.25. The zero-order valence-corrected chi connectivity index (χ0v) is 32.5. The van der Waals surface area contributed by atoms with Crippen LogP contribution in [0.3, 0.4) is 0 Å². The molecule has 2 fully saturated rings. The molecule has 310 valence electrons. The predicted molar refractivity (Wildman–Crippen MR) is 210 cm³/mol. The van der Waals surface area contributed by atoms with Gasteiger partial charge in [-0.1, -0.05) is 60.7 Å². The molecule has 5 aliphatic rings. The van der Waals surface area contributed by atoms with E-state index in [1.807, 2.05) is 48.5 Å². The largest absolute Gasteiger partial charge is 0.449 e. The summed E-state index contributed by atoms with van der Waals surface area (Å²) in [5.74, 6) is -3.79. The van der Waals surface area contributed by atoms with Crippen molar-refractivity contribution in [2.24, 2.45) is 23.1 Å². The second-order valence-electron chi connectivity index (χ2n) is 15.1. The molecule has 5 atom stereocenters. The number of hydrogen-bond donors (Lipinski definition) is 5. The number of allylic oxidation sites excluding steroid dienone is 2. The smallest absolute Gasteiger partial charge is 0.410 e. The molecule has 3 heterocycles. The number of carbonyl (C=O) groups excluding carboxylic acids is 7. The van der Waals surface area contributed by atoms with E-state index in [1.54, 1.807) is 29.2 Å². The van der Waals surface area contributed by atoms with Crippen molar-refractivity contribution in [3.63, 3.8) is 0 Å². The Bertz CT molecular complexity index is 2390. The molecule has 3 aromatic carbocycles. The Labute approximate surface area is 342 Å². The number of rotatable bonds is 12. The number of alkyl carbamates (subject to hydrolysis) is 1. The molecule has 60 heavy (non-hydrogen) atoms. The summed E-state index contributed by atoms with van der Waals surface area (Å²) in [7, 11) is 1.37. The third kappa shape index (κ3) is 6.54. The van der Waals surface area contributed by atoms with Gasteiger partial charge in [-0.05, 0) is 46.9 Å². The van der Waals surface area contributed by atoms with Crippen molar-refractivity contribution < 1.29 is 52.5 Å². The van der Waals surface area contributed by atoms with E-state index in [4.69, 9.17) is 36.1 Å². The fraction of sp³-hybridized carbons (Fsp3) is 0.310. The van der Waals surface area contributed by atoms with Crippen LogP contribution in [-0.4, -0.2) is 102 Å². The van der Waals surface area contributed by atoms with E-state index in [1.165, 1.54) is 18.9 Å². The van der Waals surface area contributed by atoms with Gasteiger partial charge in [-0.2, -0.15) is 0 Å². The number of ether oxygens (including phenoxy) is 4. The number of piperazine rings is 1. The van der Waals surface area contributed by atoms with Gasteiger partial charge < -0.3 is 51.7 Å². The number of nitrogens with two attached hydrogens (primary N) is 3. The number of carbonyl (C=O) groups is 7. The van der Waals surface area contributed by atoms with Gasteiger partial charge in [0.1, 0.15) is 31.9 Å². The van der Waals surface area contributed by atoms with Gasteiger partial charge in [-0.25, -0.2) is 14.4 Å². The number of primary amides is 2. The summed E-state index contributed by atoms with van der Waals surface area (Å²) in [4.78, 5) is 93.1. The van der Waals surface area contributed by atoms with Crippen LogP contribution in [0, 0.1) is 5.92 Å². The minimum absolute atomic E-state index is 0.00207. The third-order valence-electron chi connectivity index (χ3n) is 11.8. The molecular formula is C42H41N7O11. The zero-order chi connectivity index (χ0) is 42.6. The van der Waals surface area contributed by atoms with Crippen LogP contribution in [0.2, 0.25) is 0 Å². The van der Waals surface area contributed by atoms with Crippen molar-refractivity contribution in [2.75, 3.05) is 32.2 Å². The minimum atomic E-state index is -1.45. The molecule has 8 rings (SSSR count). The number of benzene rings is 3. The summed E-state index contributed by atoms with van der Waals surface area (Å²) >= 11 is 0. The monoisotopic (exact) mass is 819 g/mol. The molecule has 5 amide bonds. The Morgan fingerprint density at radius 1 is 0.867 bits per heavy atom. The van der Waals surface area contributed by atoms with Crippen molar-refractivity contribution in [1.29, 1.82) is 0 Å². The zero-order valence-electron chi connectivity index (χ0n) is 32.5. The maximum atomic E-state index is 13.5. The SMILES string of the molecule is CO[C@]12C3[C@H](CN1C1=C(C(=O)C(N)=C(C)C1=O)[C@H]2COC(N)=O)N3C(=O)OCc1ccc(NC(=O)[C@H](CC(N)=O)NC(=O)OCC2c3ccccc3-c3ccccc32)cc1. The van der Waals surface area contributed by atoms with Crippen molar-refractivity contribution in [3.8, 4) is 11.1 Å². The van der Waals surface area contributed by atoms with Crippen LogP contribution in [0.4, 0.5) is 20.1 Å². The third-order valence-corrected chi connectivity index (χ3v) is 11.8. The van der Waals surface area contributed by atoms with Crippen LogP contribution in [0.25, 0.3) is 11.1 Å². The summed E-state index contributed by atoms with van der Waals surface area (Å²) < 4.78 is 22.3. The summed E-state index contributed by atoms with van der Waals surface area (Å²) in [6.07, 6.45) is -3.18. The van der Waals surface area contributed by atoms with Gasteiger partial charge in [0.15, 0.2) is 5.72 Å². The van der Waals surface area contributed by atoms with E-state index in [-0.39, 0.29) is 48.2 Å². The summed E-state index contributed by atoms with van der Waals surface area (Å²) in [5.41, 5.74) is 20.2. The molecule has 0 aromatic heterocycles. The van der Waals surface area contributed by atoms with Gasteiger partial charge in [0.05, 0.1) is 29.8 Å². The summed E-state index contributed by atoms with van der Waals surface area (Å²) in [6, 6.07) is 19.5. The summed E-state index contributed by atoms with van der Waals surface area (Å²) in [6.45, 7) is 1.01. The first-order valence-corrected chi connectivity index (χ1v) is 19.1. The minimum Gasteiger partial charge on any atom is -0.449 e. The average molecular weight is 820 g/mol. The number of amides is 5. The van der Waals surface area contributed by atoms with Gasteiger partial charge in [-0.15, -0.1) is 0 Å². The van der Waals surface area contributed by atoms with E-state index in [9.17, 15) is 33.6 Å². The number of nitrogens with one attached hydrogen (secondary N) is 2. The van der Waals surface area contributed by atoms with Gasteiger partial charge in [0, 0.05) is 36.4 Å². The highest BCUT2D eigenvalue weighted by Gasteiger charge is 2.78. The van der Waals surface area contributed by atoms with Crippen LogP contribution in [-0.2, 0) is 44.7 Å². The molecule has 3 aromatic rings. The van der Waals surface area contributed by atoms with Crippen LogP contribution in [0.1, 0.15) is 36.0 Å². The second-order valence-corrected chi connectivity index (χ2v) is 15.1. The van der Waals surface area contributed by atoms with Crippen molar-refractivity contribution in [2.45, 2.75) is 49.7 Å². The van der Waals surface area contributed by atoms with E-state index in [0.29, 0.717) is 11.3 Å².